The highest BCUT2D eigenvalue weighted by Gasteiger charge is 2.26. The average molecular weight is 436 g/mol. The van der Waals surface area contributed by atoms with Crippen molar-refractivity contribution in [3.63, 3.8) is 0 Å². The molecule has 156 valence electrons. The Bertz CT molecular complexity index is 965. The predicted octanol–water partition coefficient (Wildman–Crippen LogP) is 2.43. The van der Waals surface area contributed by atoms with E-state index in [1.165, 1.54) is 26.8 Å². The van der Waals surface area contributed by atoms with Crippen molar-refractivity contribution in [3.05, 3.63) is 52.2 Å². The molecule has 1 aliphatic rings. The highest BCUT2D eigenvalue weighted by Crippen LogP contribution is 2.23. The lowest BCUT2D eigenvalue weighted by Gasteiger charge is -2.30. The fraction of sp³-hybridized carbons (Fsp3) is 0.400. The van der Waals surface area contributed by atoms with Crippen LogP contribution in [0.3, 0.4) is 0 Å². The summed E-state index contributed by atoms with van der Waals surface area (Å²) in [6, 6.07) is 10.6. The van der Waals surface area contributed by atoms with E-state index >= 15 is 0 Å². The molecule has 0 aliphatic carbocycles. The van der Waals surface area contributed by atoms with Crippen LogP contribution in [0.5, 0.6) is 0 Å². The second-order valence-electron chi connectivity index (χ2n) is 7.17. The zero-order valence-corrected chi connectivity index (χ0v) is 18.1. The summed E-state index contributed by atoms with van der Waals surface area (Å²) >= 11 is 1.36. The van der Waals surface area contributed by atoms with Crippen LogP contribution in [-0.4, -0.2) is 57.5 Å². The number of anilines is 1. The first-order valence-electron chi connectivity index (χ1n) is 9.41. The minimum absolute atomic E-state index is 0.159. The van der Waals surface area contributed by atoms with Crippen LogP contribution in [0, 0.1) is 5.92 Å². The first-order chi connectivity index (χ1) is 13.8. The van der Waals surface area contributed by atoms with Crippen molar-refractivity contribution >= 4 is 38.9 Å². The van der Waals surface area contributed by atoms with Gasteiger partial charge in [0.15, 0.2) is 0 Å². The summed E-state index contributed by atoms with van der Waals surface area (Å²) in [6.45, 7) is 1.44. The number of hydrogen-bond donors (Lipinski definition) is 1. The van der Waals surface area contributed by atoms with Crippen LogP contribution in [0.15, 0.2) is 41.8 Å². The lowest BCUT2D eigenvalue weighted by molar-refractivity contribution is 0.0942. The molecule has 29 heavy (non-hydrogen) atoms. The second kappa shape index (κ2) is 9.06. The van der Waals surface area contributed by atoms with E-state index in [9.17, 15) is 18.0 Å². The first-order valence-corrected chi connectivity index (χ1v) is 12.1. The van der Waals surface area contributed by atoms with Crippen molar-refractivity contribution in [1.29, 1.82) is 0 Å². The molecule has 7 nitrogen and oxygen atoms in total. The molecule has 0 atom stereocenters. The molecule has 0 unspecified atom stereocenters. The van der Waals surface area contributed by atoms with Crippen molar-refractivity contribution in [2.45, 2.75) is 12.8 Å². The van der Waals surface area contributed by atoms with Crippen LogP contribution in [0.4, 0.5) is 5.69 Å². The molecule has 2 aromatic rings. The molecule has 9 heteroatoms. The Kier molecular flexibility index (Phi) is 6.71. The highest BCUT2D eigenvalue weighted by molar-refractivity contribution is 7.88. The Morgan fingerprint density at radius 2 is 1.86 bits per heavy atom. The fourth-order valence-corrected chi connectivity index (χ4v) is 4.98. The van der Waals surface area contributed by atoms with Gasteiger partial charge in [0.05, 0.1) is 22.4 Å². The molecule has 0 saturated carbocycles. The molecule has 3 rings (SSSR count). The number of nitrogens with one attached hydrogen (secondary N) is 1. The number of piperidine rings is 1. The fourth-order valence-electron chi connectivity index (χ4n) is 3.41. The minimum Gasteiger partial charge on any atom is -0.352 e. The summed E-state index contributed by atoms with van der Waals surface area (Å²) in [7, 11) is -1.49. The minimum atomic E-state index is -3.16. The van der Waals surface area contributed by atoms with Crippen LogP contribution in [-0.2, 0) is 10.0 Å². The SMILES string of the molecule is CN(C(=O)c1cccs1)c1ccccc1C(=O)NCC1CCN(S(C)(=O)=O)CC1. The zero-order chi connectivity index (χ0) is 21.0. The van der Waals surface area contributed by atoms with Gasteiger partial charge in [-0.25, -0.2) is 12.7 Å². The number of hydrogen-bond acceptors (Lipinski definition) is 5. The lowest BCUT2D eigenvalue weighted by atomic mass is 9.98. The maximum absolute atomic E-state index is 12.8. The number of carbonyl (C=O) groups excluding carboxylic acids is 2. The number of sulfonamides is 1. The Morgan fingerprint density at radius 3 is 2.48 bits per heavy atom. The molecule has 0 bridgehead atoms. The Hall–Kier alpha value is -2.23. The van der Waals surface area contributed by atoms with Gasteiger partial charge in [-0.3, -0.25) is 9.59 Å². The monoisotopic (exact) mass is 435 g/mol. The van der Waals surface area contributed by atoms with Crippen molar-refractivity contribution in [2.75, 3.05) is 37.8 Å². The van der Waals surface area contributed by atoms with E-state index in [1.54, 1.807) is 37.4 Å². The van der Waals surface area contributed by atoms with Crippen LogP contribution >= 0.6 is 11.3 Å². The molecule has 1 fully saturated rings. The third-order valence-electron chi connectivity index (χ3n) is 5.14. The number of para-hydroxylation sites is 1. The van der Waals surface area contributed by atoms with Crippen LogP contribution in [0.2, 0.25) is 0 Å². The van der Waals surface area contributed by atoms with Crippen LogP contribution in [0.25, 0.3) is 0 Å². The average Bonchev–Trinajstić information content (AvgIpc) is 3.25. The maximum atomic E-state index is 12.8. The van der Waals surface area contributed by atoms with Gasteiger partial charge >= 0.3 is 0 Å². The summed E-state index contributed by atoms with van der Waals surface area (Å²) in [4.78, 5) is 27.5. The van der Waals surface area contributed by atoms with Gasteiger partial charge in [-0.15, -0.1) is 11.3 Å². The van der Waals surface area contributed by atoms with E-state index < -0.39 is 10.0 Å². The molecule has 0 spiro atoms. The summed E-state index contributed by atoms with van der Waals surface area (Å²) in [5.41, 5.74) is 0.990. The van der Waals surface area contributed by atoms with Gasteiger partial charge in [0.2, 0.25) is 10.0 Å². The Morgan fingerprint density at radius 1 is 1.17 bits per heavy atom. The van der Waals surface area contributed by atoms with Crippen molar-refractivity contribution in [1.82, 2.24) is 9.62 Å². The van der Waals surface area contributed by atoms with E-state index in [2.05, 4.69) is 5.32 Å². The van der Waals surface area contributed by atoms with Gasteiger partial charge in [0.25, 0.3) is 11.8 Å². The van der Waals surface area contributed by atoms with E-state index in [4.69, 9.17) is 0 Å². The first kappa shape index (κ1) is 21.5. The number of amides is 2. The number of rotatable bonds is 6. The number of thiophene rings is 1. The van der Waals surface area contributed by atoms with Gasteiger partial charge in [0, 0.05) is 26.7 Å². The van der Waals surface area contributed by atoms with E-state index in [0.29, 0.717) is 48.6 Å². The van der Waals surface area contributed by atoms with E-state index in [0.717, 1.165) is 0 Å². The van der Waals surface area contributed by atoms with E-state index in [1.807, 2.05) is 11.4 Å². The third kappa shape index (κ3) is 5.23. The van der Waals surface area contributed by atoms with Gasteiger partial charge in [-0.2, -0.15) is 0 Å². The molecule has 2 heterocycles. The standard InChI is InChI=1S/C20H25N3O4S2/c1-22(20(25)18-8-5-13-28-18)17-7-4-3-6-16(17)19(24)21-14-15-9-11-23(12-10-15)29(2,26)27/h3-8,13,15H,9-12,14H2,1-2H3,(H,21,24). The topological polar surface area (TPSA) is 86.8 Å². The molecular formula is C20H25N3O4S2. The normalized spacial score (nSPS) is 15.8. The summed E-state index contributed by atoms with van der Waals surface area (Å²) < 4.78 is 24.7. The number of carbonyl (C=O) groups is 2. The third-order valence-corrected chi connectivity index (χ3v) is 7.30. The smallest absolute Gasteiger partial charge is 0.268 e. The molecule has 0 radical (unpaired) electrons. The van der Waals surface area contributed by atoms with Crippen molar-refractivity contribution in [3.8, 4) is 0 Å². The van der Waals surface area contributed by atoms with Crippen LogP contribution in [0.1, 0.15) is 32.9 Å². The zero-order valence-electron chi connectivity index (χ0n) is 16.5. The molecule has 1 saturated heterocycles. The van der Waals surface area contributed by atoms with E-state index in [-0.39, 0.29) is 17.7 Å². The summed E-state index contributed by atoms with van der Waals surface area (Å²) in [5.74, 6) is -0.167. The molecule has 1 N–H and O–H groups in total. The Labute approximate surface area is 175 Å². The largest absolute Gasteiger partial charge is 0.352 e. The quantitative estimate of drug-likeness (QED) is 0.755. The van der Waals surface area contributed by atoms with Gasteiger partial charge in [0.1, 0.15) is 0 Å². The predicted molar refractivity (Wildman–Crippen MR) is 115 cm³/mol. The molecular weight excluding hydrogens is 410 g/mol. The Balaban J connectivity index is 1.63. The highest BCUT2D eigenvalue weighted by atomic mass is 32.2. The van der Waals surface area contributed by atoms with Crippen molar-refractivity contribution in [2.24, 2.45) is 5.92 Å². The maximum Gasteiger partial charge on any atom is 0.268 e. The molecule has 2 amide bonds. The van der Waals surface area contributed by atoms with Gasteiger partial charge in [-0.05, 0) is 42.3 Å². The second-order valence-corrected chi connectivity index (χ2v) is 10.1. The van der Waals surface area contributed by atoms with Gasteiger partial charge in [-0.1, -0.05) is 18.2 Å². The number of nitrogens with zero attached hydrogens (tertiary/aromatic N) is 2. The van der Waals surface area contributed by atoms with Crippen LogP contribution < -0.4 is 10.2 Å². The van der Waals surface area contributed by atoms with Gasteiger partial charge < -0.3 is 10.2 Å². The van der Waals surface area contributed by atoms with Crippen molar-refractivity contribution < 1.29 is 18.0 Å². The summed E-state index contributed by atoms with van der Waals surface area (Å²) in [6.07, 6.45) is 2.65. The summed E-state index contributed by atoms with van der Waals surface area (Å²) in [5, 5.41) is 4.79. The number of benzene rings is 1. The molecule has 1 aliphatic heterocycles. The molecule has 1 aromatic heterocycles. The lowest BCUT2D eigenvalue weighted by Crippen LogP contribution is -2.41. The molecule has 1 aromatic carbocycles.